The highest BCUT2D eigenvalue weighted by Crippen LogP contribution is 2.37. The van der Waals surface area contributed by atoms with Gasteiger partial charge in [0.25, 0.3) is 5.91 Å². The van der Waals surface area contributed by atoms with E-state index < -0.39 is 5.91 Å². The van der Waals surface area contributed by atoms with Gasteiger partial charge >= 0.3 is 0 Å². The van der Waals surface area contributed by atoms with Gasteiger partial charge in [0, 0.05) is 18.7 Å². The molecule has 1 saturated heterocycles. The molecule has 1 fully saturated rings. The van der Waals surface area contributed by atoms with Crippen molar-refractivity contribution in [3.63, 3.8) is 0 Å². The number of nitrogens with two attached hydrogens (primary N) is 1. The third-order valence-electron chi connectivity index (χ3n) is 5.52. The molecule has 0 bridgehead atoms. The highest BCUT2D eigenvalue weighted by atomic mass is 16.5. The van der Waals surface area contributed by atoms with E-state index >= 15 is 0 Å². The van der Waals surface area contributed by atoms with Gasteiger partial charge in [-0.1, -0.05) is 13.8 Å². The number of ketones is 1. The number of primary amides is 1. The summed E-state index contributed by atoms with van der Waals surface area (Å²) in [5, 5.41) is 8.03. The van der Waals surface area contributed by atoms with Crippen molar-refractivity contribution in [3.05, 3.63) is 40.7 Å². The highest BCUT2D eigenvalue weighted by molar-refractivity contribution is 6.00. The third-order valence-corrected chi connectivity index (χ3v) is 5.52. The van der Waals surface area contributed by atoms with Crippen LogP contribution in [0.3, 0.4) is 0 Å². The number of anilines is 1. The van der Waals surface area contributed by atoms with E-state index in [9.17, 15) is 9.59 Å². The lowest BCUT2D eigenvalue weighted by molar-refractivity contribution is 0.0909. The summed E-state index contributed by atoms with van der Waals surface area (Å²) in [4.78, 5) is 24.6. The first kappa shape index (κ1) is 18.7. The molecule has 7 heteroatoms. The van der Waals surface area contributed by atoms with Gasteiger partial charge in [0.2, 0.25) is 0 Å². The Kier molecular flexibility index (Phi) is 4.50. The third kappa shape index (κ3) is 3.30. The molecule has 2 heterocycles. The molecule has 0 spiro atoms. The molecule has 1 aromatic heterocycles. The molecule has 2 aromatic rings. The van der Waals surface area contributed by atoms with Crippen LogP contribution >= 0.6 is 0 Å². The molecule has 1 amide bonds. The van der Waals surface area contributed by atoms with Crippen molar-refractivity contribution in [3.8, 4) is 5.69 Å². The number of carbonyl (C=O) groups excluding carboxylic acids is 2. The van der Waals surface area contributed by atoms with E-state index in [0.717, 1.165) is 35.5 Å². The molecule has 1 aromatic carbocycles. The fourth-order valence-corrected chi connectivity index (χ4v) is 4.22. The second-order valence-corrected chi connectivity index (χ2v) is 8.56. The number of nitrogens with zero attached hydrogens (tertiary/aromatic N) is 2. The topological polar surface area (TPSA) is 99.2 Å². The smallest absolute Gasteiger partial charge is 0.250 e. The maximum Gasteiger partial charge on any atom is 0.250 e. The van der Waals surface area contributed by atoms with E-state index in [1.54, 1.807) is 6.07 Å². The van der Waals surface area contributed by atoms with E-state index in [4.69, 9.17) is 10.5 Å². The fourth-order valence-electron chi connectivity index (χ4n) is 4.22. The Bertz CT molecular complexity index is 955. The van der Waals surface area contributed by atoms with Crippen LogP contribution in [-0.2, 0) is 11.2 Å². The van der Waals surface area contributed by atoms with Crippen LogP contribution < -0.4 is 11.1 Å². The average molecular weight is 382 g/mol. The molecule has 2 aliphatic rings. The minimum Gasteiger partial charge on any atom is -0.379 e. The Morgan fingerprint density at radius 3 is 2.82 bits per heavy atom. The zero-order valence-corrected chi connectivity index (χ0v) is 16.5. The van der Waals surface area contributed by atoms with Gasteiger partial charge in [-0.05, 0) is 43.4 Å². The van der Waals surface area contributed by atoms with E-state index in [-0.39, 0.29) is 17.2 Å². The molecule has 148 valence electrons. The van der Waals surface area contributed by atoms with Crippen LogP contribution in [0.25, 0.3) is 5.69 Å². The van der Waals surface area contributed by atoms with Gasteiger partial charge in [-0.3, -0.25) is 9.59 Å². The van der Waals surface area contributed by atoms with Crippen LogP contribution in [0, 0.1) is 12.3 Å². The van der Waals surface area contributed by atoms with Crippen LogP contribution in [0.15, 0.2) is 18.2 Å². The summed E-state index contributed by atoms with van der Waals surface area (Å²) in [6, 6.07) is 5.57. The van der Waals surface area contributed by atoms with Gasteiger partial charge in [0.15, 0.2) is 5.78 Å². The molecule has 0 unspecified atom stereocenters. The quantitative estimate of drug-likeness (QED) is 0.847. The van der Waals surface area contributed by atoms with E-state index in [1.165, 1.54) is 0 Å². The predicted octanol–water partition coefficient (Wildman–Crippen LogP) is 2.64. The molecule has 28 heavy (non-hydrogen) atoms. The number of hydrogen-bond donors (Lipinski definition) is 2. The first-order valence-corrected chi connectivity index (χ1v) is 9.65. The minimum atomic E-state index is -0.483. The van der Waals surface area contributed by atoms with Crippen LogP contribution in [0.1, 0.15) is 58.8 Å². The SMILES string of the molecule is Cc1nn(-c2ccc(C(N)=O)c(N[C@H]3CCOC3)c2)c2c1C(=O)CC(C)(C)C2. The number of benzene rings is 1. The number of aryl methyl sites for hydroxylation is 1. The summed E-state index contributed by atoms with van der Waals surface area (Å²) in [5.41, 5.74) is 9.78. The number of hydrogen-bond acceptors (Lipinski definition) is 5. The zero-order valence-electron chi connectivity index (χ0n) is 16.5. The number of aromatic nitrogens is 2. The number of rotatable bonds is 4. The maximum absolute atomic E-state index is 12.7. The second-order valence-electron chi connectivity index (χ2n) is 8.56. The Labute approximate surface area is 164 Å². The predicted molar refractivity (Wildman–Crippen MR) is 106 cm³/mol. The van der Waals surface area contributed by atoms with Crippen LogP contribution in [-0.4, -0.2) is 40.7 Å². The Hall–Kier alpha value is -2.67. The van der Waals surface area contributed by atoms with Gasteiger partial charge in [0.1, 0.15) is 0 Å². The van der Waals surface area contributed by atoms with Crippen LogP contribution in [0.2, 0.25) is 0 Å². The largest absolute Gasteiger partial charge is 0.379 e. The number of Topliss-reactive ketones (excluding diaryl/α,β-unsaturated/α-hetero) is 1. The van der Waals surface area contributed by atoms with Gasteiger partial charge in [-0.2, -0.15) is 5.10 Å². The monoisotopic (exact) mass is 382 g/mol. The Morgan fingerprint density at radius 2 is 2.14 bits per heavy atom. The summed E-state index contributed by atoms with van der Waals surface area (Å²) in [6.45, 7) is 7.37. The normalized spacial score (nSPS) is 20.8. The number of amides is 1. The zero-order chi connectivity index (χ0) is 20.1. The summed E-state index contributed by atoms with van der Waals surface area (Å²) >= 11 is 0. The van der Waals surface area contributed by atoms with E-state index in [1.807, 2.05) is 23.7 Å². The summed E-state index contributed by atoms with van der Waals surface area (Å²) in [6.07, 6.45) is 2.18. The van der Waals surface area contributed by atoms with E-state index in [2.05, 4.69) is 24.3 Å². The molecule has 0 saturated carbocycles. The second kappa shape index (κ2) is 6.74. The minimum absolute atomic E-state index is 0.107. The average Bonchev–Trinajstić information content (AvgIpc) is 3.21. The molecule has 4 rings (SSSR count). The Balaban J connectivity index is 1.79. The molecule has 1 aliphatic carbocycles. The first-order valence-electron chi connectivity index (χ1n) is 9.65. The van der Waals surface area contributed by atoms with Gasteiger partial charge in [-0.25, -0.2) is 4.68 Å². The number of ether oxygens (including phenoxy) is 1. The molecule has 7 nitrogen and oxygen atoms in total. The van der Waals surface area contributed by atoms with Crippen molar-refractivity contribution in [2.45, 2.75) is 46.1 Å². The van der Waals surface area contributed by atoms with Crippen LogP contribution in [0.5, 0.6) is 0 Å². The number of nitrogens with one attached hydrogen (secondary N) is 1. The van der Waals surface area contributed by atoms with Crippen molar-refractivity contribution < 1.29 is 14.3 Å². The standard InChI is InChI=1S/C21H26N4O3/c1-12-19-17(9-21(2,3)10-18(19)26)25(24-12)14-4-5-15(20(22)27)16(8-14)23-13-6-7-28-11-13/h4-5,8,13,23H,6-7,9-11H2,1-3H3,(H2,22,27)/t13-/m0/s1. The number of carbonyl (C=O) groups is 2. The summed E-state index contributed by atoms with van der Waals surface area (Å²) < 4.78 is 7.26. The number of fused-ring (bicyclic) bond motifs is 1. The van der Waals surface area contributed by atoms with Crippen molar-refractivity contribution in [2.24, 2.45) is 11.1 Å². The molecular formula is C21H26N4O3. The van der Waals surface area contributed by atoms with Crippen molar-refractivity contribution in [2.75, 3.05) is 18.5 Å². The lowest BCUT2D eigenvalue weighted by atomic mass is 9.75. The first-order chi connectivity index (χ1) is 13.2. The van der Waals surface area contributed by atoms with Gasteiger partial charge in [0.05, 0.1) is 40.9 Å². The fraction of sp³-hybridized carbons (Fsp3) is 0.476. The lowest BCUT2D eigenvalue weighted by Crippen LogP contribution is -2.28. The van der Waals surface area contributed by atoms with Gasteiger partial charge < -0.3 is 15.8 Å². The molecule has 3 N–H and O–H groups in total. The Morgan fingerprint density at radius 1 is 1.36 bits per heavy atom. The summed E-state index contributed by atoms with van der Waals surface area (Å²) in [7, 11) is 0. The maximum atomic E-state index is 12.7. The van der Waals surface area contributed by atoms with Gasteiger partial charge in [-0.15, -0.1) is 0 Å². The molecular weight excluding hydrogens is 356 g/mol. The van der Waals surface area contributed by atoms with E-state index in [0.29, 0.717) is 30.9 Å². The highest BCUT2D eigenvalue weighted by Gasteiger charge is 2.35. The molecule has 1 atom stereocenters. The lowest BCUT2D eigenvalue weighted by Gasteiger charge is -2.29. The summed E-state index contributed by atoms with van der Waals surface area (Å²) in [5.74, 6) is -0.340. The van der Waals surface area contributed by atoms with Crippen molar-refractivity contribution in [1.29, 1.82) is 0 Å². The van der Waals surface area contributed by atoms with Crippen molar-refractivity contribution in [1.82, 2.24) is 9.78 Å². The van der Waals surface area contributed by atoms with Crippen LogP contribution in [0.4, 0.5) is 5.69 Å². The molecule has 0 radical (unpaired) electrons. The van der Waals surface area contributed by atoms with Crippen molar-refractivity contribution >= 4 is 17.4 Å². The molecule has 1 aliphatic heterocycles.